The van der Waals surface area contributed by atoms with Crippen molar-refractivity contribution in [3.8, 4) is 11.3 Å². The number of halogens is 4. The van der Waals surface area contributed by atoms with Gasteiger partial charge in [-0.1, -0.05) is 0 Å². The monoisotopic (exact) mass is 517 g/mol. The number of anilines is 1. The van der Waals surface area contributed by atoms with Gasteiger partial charge >= 0.3 is 0 Å². The predicted molar refractivity (Wildman–Crippen MR) is 131 cm³/mol. The van der Waals surface area contributed by atoms with Crippen molar-refractivity contribution in [1.29, 1.82) is 0 Å². The number of alkyl halides is 2. The fourth-order valence-corrected chi connectivity index (χ4v) is 3.71. The van der Waals surface area contributed by atoms with Gasteiger partial charge in [-0.05, 0) is 44.9 Å². The maximum absolute atomic E-state index is 14.4. The summed E-state index contributed by atoms with van der Waals surface area (Å²) in [5.41, 5.74) is 2.73. The number of aryl methyl sites for hydroxylation is 2. The molecule has 0 N–H and O–H groups in total. The second kappa shape index (κ2) is 12.0. The van der Waals surface area contributed by atoms with Gasteiger partial charge in [0.15, 0.2) is 5.65 Å². The second-order valence-corrected chi connectivity index (χ2v) is 8.48. The SMILES string of the molecule is Cc1nc2nc(N3CCOCC3)nc(-c3ccc(F)cc3F)c2nc1C.FCF.c1cnn(C2CC2)c1. The van der Waals surface area contributed by atoms with E-state index in [2.05, 4.69) is 25.0 Å². The lowest BCUT2D eigenvalue weighted by molar-refractivity contribution is 0.122. The molecule has 0 spiro atoms. The van der Waals surface area contributed by atoms with E-state index in [-0.39, 0.29) is 5.56 Å². The molecule has 0 atom stereocenters. The zero-order chi connectivity index (χ0) is 26.4. The maximum atomic E-state index is 14.4. The number of hydrogen-bond acceptors (Lipinski definition) is 7. The highest BCUT2D eigenvalue weighted by Crippen LogP contribution is 2.33. The average molecular weight is 518 g/mol. The van der Waals surface area contributed by atoms with Crippen molar-refractivity contribution in [2.75, 3.05) is 38.1 Å². The number of ether oxygens (including phenoxy) is 1. The highest BCUT2D eigenvalue weighted by Gasteiger charge is 2.23. The molecule has 3 aromatic heterocycles. The van der Waals surface area contributed by atoms with E-state index in [0.29, 0.717) is 54.8 Å². The number of nitrogens with zero attached hydrogens (tertiary/aromatic N) is 7. The lowest BCUT2D eigenvalue weighted by atomic mass is 10.1. The van der Waals surface area contributed by atoms with E-state index in [4.69, 9.17) is 4.74 Å². The van der Waals surface area contributed by atoms with Crippen molar-refractivity contribution < 1.29 is 22.3 Å². The fourth-order valence-electron chi connectivity index (χ4n) is 3.71. The predicted octanol–water partition coefficient (Wildman–Crippen LogP) is 4.92. The molecule has 1 aliphatic heterocycles. The zero-order valence-electron chi connectivity index (χ0n) is 20.5. The average Bonchev–Trinajstić information content (AvgIpc) is 3.59. The summed E-state index contributed by atoms with van der Waals surface area (Å²) in [7, 11) is 0. The third kappa shape index (κ3) is 6.56. The summed E-state index contributed by atoms with van der Waals surface area (Å²) in [5.74, 6) is -0.897. The molecular weight excluding hydrogens is 490 g/mol. The van der Waals surface area contributed by atoms with Crippen LogP contribution in [0.15, 0.2) is 36.7 Å². The molecule has 2 aliphatic rings. The van der Waals surface area contributed by atoms with E-state index < -0.39 is 18.6 Å². The minimum absolute atomic E-state index is 0.172. The first-order valence-corrected chi connectivity index (χ1v) is 11.8. The van der Waals surface area contributed by atoms with Gasteiger partial charge in [-0.15, -0.1) is 0 Å². The van der Waals surface area contributed by atoms with Crippen LogP contribution in [-0.4, -0.2) is 62.9 Å². The summed E-state index contributed by atoms with van der Waals surface area (Å²) in [6, 6.07) is 6.12. The van der Waals surface area contributed by atoms with E-state index in [1.165, 1.54) is 25.0 Å². The highest BCUT2D eigenvalue weighted by atomic mass is 19.3. The Hall–Kier alpha value is -3.67. The van der Waals surface area contributed by atoms with E-state index >= 15 is 0 Å². The molecule has 37 heavy (non-hydrogen) atoms. The summed E-state index contributed by atoms with van der Waals surface area (Å²) in [5, 5.41) is 4.09. The first kappa shape index (κ1) is 26.4. The third-order valence-corrected chi connectivity index (χ3v) is 5.86. The van der Waals surface area contributed by atoms with Crippen LogP contribution >= 0.6 is 0 Å². The van der Waals surface area contributed by atoms with Gasteiger partial charge in [0.05, 0.1) is 30.6 Å². The van der Waals surface area contributed by atoms with Crippen molar-refractivity contribution in [3.63, 3.8) is 0 Å². The van der Waals surface area contributed by atoms with Gasteiger partial charge in [0, 0.05) is 37.1 Å². The Labute approximate surface area is 211 Å². The Bertz CT molecular complexity index is 1330. The standard InChI is InChI=1S/C18H17F2N5O.C6H8N2.CH2F2/c1-10-11(2)22-17-16(21-10)15(13-4-3-12(19)9-14(13)20)23-18(24-17)25-5-7-26-8-6-25;1-4-7-8(5-1)6-2-3-6;2-1-3/h3-4,9H,5-8H2,1-2H3;1,4-6H,2-3H2;1H2. The molecule has 8 nitrogen and oxygen atoms in total. The Morgan fingerprint density at radius 2 is 1.68 bits per heavy atom. The molecule has 12 heteroatoms. The molecule has 1 aliphatic carbocycles. The lowest BCUT2D eigenvalue weighted by Gasteiger charge is -2.27. The van der Waals surface area contributed by atoms with Gasteiger partial charge < -0.3 is 9.64 Å². The topological polar surface area (TPSA) is 81.8 Å². The van der Waals surface area contributed by atoms with Crippen LogP contribution < -0.4 is 4.90 Å². The molecule has 0 bridgehead atoms. The minimum atomic E-state index is -1.75. The first-order valence-electron chi connectivity index (χ1n) is 11.8. The molecule has 1 saturated heterocycles. The fraction of sp³-hybridized carbons (Fsp3) is 0.400. The number of benzene rings is 1. The van der Waals surface area contributed by atoms with Gasteiger partial charge in [0.1, 0.15) is 22.8 Å². The molecule has 0 amide bonds. The molecular formula is C25H27F4N7O. The van der Waals surface area contributed by atoms with E-state index in [1.54, 1.807) is 0 Å². The number of rotatable bonds is 3. The zero-order valence-corrected chi connectivity index (χ0v) is 20.5. The van der Waals surface area contributed by atoms with Crippen LogP contribution in [0.25, 0.3) is 22.4 Å². The maximum Gasteiger partial charge on any atom is 0.229 e. The molecule has 4 aromatic rings. The summed E-state index contributed by atoms with van der Waals surface area (Å²) in [4.78, 5) is 20.0. The van der Waals surface area contributed by atoms with Gasteiger partial charge in [-0.2, -0.15) is 10.1 Å². The number of morpholine rings is 1. The smallest absolute Gasteiger partial charge is 0.229 e. The van der Waals surface area contributed by atoms with Crippen molar-refractivity contribution in [2.24, 2.45) is 0 Å². The van der Waals surface area contributed by atoms with Crippen molar-refractivity contribution in [1.82, 2.24) is 29.7 Å². The molecule has 2 fully saturated rings. The molecule has 4 heterocycles. The van der Waals surface area contributed by atoms with Gasteiger partial charge in [-0.3, -0.25) is 4.68 Å². The largest absolute Gasteiger partial charge is 0.378 e. The minimum Gasteiger partial charge on any atom is -0.378 e. The first-order chi connectivity index (χ1) is 17.9. The van der Waals surface area contributed by atoms with Crippen molar-refractivity contribution in [3.05, 3.63) is 59.7 Å². The Morgan fingerprint density at radius 3 is 2.30 bits per heavy atom. The van der Waals surface area contributed by atoms with Crippen LogP contribution in [0.1, 0.15) is 30.3 Å². The normalized spacial score (nSPS) is 15.0. The second-order valence-electron chi connectivity index (χ2n) is 8.48. The van der Waals surface area contributed by atoms with Crippen LogP contribution in [0.4, 0.5) is 23.5 Å². The van der Waals surface area contributed by atoms with E-state index in [0.717, 1.165) is 17.8 Å². The van der Waals surface area contributed by atoms with Gasteiger partial charge in [0.25, 0.3) is 0 Å². The number of hydrogen-bond donors (Lipinski definition) is 0. The summed E-state index contributed by atoms with van der Waals surface area (Å²) in [6.45, 7) is 4.32. The summed E-state index contributed by atoms with van der Waals surface area (Å²) in [6.07, 6.45) is 6.50. The molecule has 196 valence electrons. The number of aromatic nitrogens is 6. The molecule has 0 radical (unpaired) electrons. The summed E-state index contributed by atoms with van der Waals surface area (Å²) >= 11 is 0. The van der Waals surface area contributed by atoms with Crippen LogP contribution in [0.3, 0.4) is 0 Å². The molecule has 6 rings (SSSR count). The van der Waals surface area contributed by atoms with Crippen molar-refractivity contribution in [2.45, 2.75) is 32.7 Å². The Morgan fingerprint density at radius 1 is 0.973 bits per heavy atom. The lowest BCUT2D eigenvalue weighted by Crippen LogP contribution is -2.37. The molecule has 0 unspecified atom stereocenters. The third-order valence-electron chi connectivity index (χ3n) is 5.86. The highest BCUT2D eigenvalue weighted by molar-refractivity contribution is 5.88. The van der Waals surface area contributed by atoms with E-state index in [1.807, 2.05) is 41.9 Å². The number of fused-ring (bicyclic) bond motifs is 1. The van der Waals surface area contributed by atoms with Crippen molar-refractivity contribution >= 4 is 17.1 Å². The van der Waals surface area contributed by atoms with Gasteiger partial charge in [-0.25, -0.2) is 32.5 Å². The van der Waals surface area contributed by atoms with Crippen LogP contribution in [0.5, 0.6) is 0 Å². The van der Waals surface area contributed by atoms with Crippen LogP contribution in [0.2, 0.25) is 0 Å². The summed E-state index contributed by atoms with van der Waals surface area (Å²) < 4.78 is 54.4. The van der Waals surface area contributed by atoms with Crippen LogP contribution in [-0.2, 0) is 4.74 Å². The molecule has 1 aromatic carbocycles. The molecule has 1 saturated carbocycles. The quantitative estimate of drug-likeness (QED) is 0.357. The van der Waals surface area contributed by atoms with Crippen LogP contribution in [0, 0.1) is 25.5 Å². The Kier molecular flexibility index (Phi) is 8.59. The Balaban J connectivity index is 0.000000240. The van der Waals surface area contributed by atoms with E-state index in [9.17, 15) is 17.6 Å². The van der Waals surface area contributed by atoms with Gasteiger partial charge in [0.2, 0.25) is 12.9 Å².